The first-order chi connectivity index (χ1) is 14.0. The number of rotatable bonds is 6. The first-order valence-corrected chi connectivity index (χ1v) is 9.54. The van der Waals surface area contributed by atoms with Crippen LogP contribution in [0.15, 0.2) is 42.9 Å². The largest absolute Gasteiger partial charge is 0.497 e. The van der Waals surface area contributed by atoms with Gasteiger partial charge in [0.15, 0.2) is 5.82 Å². The molecule has 0 radical (unpaired) electrons. The minimum atomic E-state index is -0.340. The Morgan fingerprint density at radius 3 is 3.03 bits per heavy atom. The number of likely N-dealkylation sites (tertiary alicyclic amines) is 1. The Bertz CT molecular complexity index is 1020. The molecule has 29 heavy (non-hydrogen) atoms. The summed E-state index contributed by atoms with van der Waals surface area (Å²) in [6.45, 7) is 2.03. The highest BCUT2D eigenvalue weighted by molar-refractivity contribution is 5.78. The van der Waals surface area contributed by atoms with Gasteiger partial charge in [0.2, 0.25) is 5.91 Å². The highest BCUT2D eigenvalue weighted by atomic mass is 16.5. The van der Waals surface area contributed by atoms with Crippen molar-refractivity contribution in [3.05, 3.63) is 48.4 Å². The molecule has 9 heteroatoms. The van der Waals surface area contributed by atoms with E-state index in [2.05, 4.69) is 20.3 Å². The molecular formula is C20H25N7O2. The van der Waals surface area contributed by atoms with Crippen LogP contribution < -0.4 is 21.5 Å². The van der Waals surface area contributed by atoms with Crippen LogP contribution in [-0.2, 0) is 11.3 Å². The van der Waals surface area contributed by atoms with Gasteiger partial charge >= 0.3 is 0 Å². The van der Waals surface area contributed by atoms with E-state index in [1.807, 2.05) is 36.5 Å². The Morgan fingerprint density at radius 2 is 2.24 bits per heavy atom. The minimum absolute atomic E-state index is 0.178. The Hall–Kier alpha value is -3.17. The topological polar surface area (TPSA) is 124 Å². The molecule has 1 aliphatic rings. The van der Waals surface area contributed by atoms with E-state index in [1.165, 1.54) is 6.33 Å². The number of piperidine rings is 1. The van der Waals surface area contributed by atoms with E-state index >= 15 is 0 Å². The molecule has 5 N–H and O–H groups in total. The van der Waals surface area contributed by atoms with Crippen LogP contribution in [-0.4, -0.2) is 51.6 Å². The molecule has 1 fully saturated rings. The van der Waals surface area contributed by atoms with E-state index in [-0.39, 0.29) is 17.9 Å². The van der Waals surface area contributed by atoms with Gasteiger partial charge in [-0.05, 0) is 30.2 Å². The van der Waals surface area contributed by atoms with Gasteiger partial charge in [0.05, 0.1) is 13.0 Å². The molecule has 1 saturated heterocycles. The molecule has 3 heterocycles. The summed E-state index contributed by atoms with van der Waals surface area (Å²) in [4.78, 5) is 18.4. The fourth-order valence-corrected chi connectivity index (χ4v) is 3.80. The van der Waals surface area contributed by atoms with Gasteiger partial charge in [0.25, 0.3) is 0 Å². The molecule has 2 aromatic heterocycles. The molecule has 3 aromatic rings. The minimum Gasteiger partial charge on any atom is -0.497 e. The van der Waals surface area contributed by atoms with Gasteiger partial charge in [0, 0.05) is 43.6 Å². The third kappa shape index (κ3) is 4.01. The SMILES string of the molecule is COc1cccc(Nc2ncnn3ccc(CN4CC[C@@H](N)C(C(N)=O)C4)c23)c1. The summed E-state index contributed by atoms with van der Waals surface area (Å²) in [5.41, 5.74) is 14.4. The molecule has 0 bridgehead atoms. The van der Waals surface area contributed by atoms with E-state index in [9.17, 15) is 4.79 Å². The number of carbonyl (C=O) groups excluding carboxylic acids is 1. The Kier molecular flexibility index (Phi) is 5.32. The molecule has 1 unspecified atom stereocenters. The van der Waals surface area contributed by atoms with Gasteiger partial charge in [-0.15, -0.1) is 0 Å². The molecule has 152 valence electrons. The quantitative estimate of drug-likeness (QED) is 0.571. The summed E-state index contributed by atoms with van der Waals surface area (Å²) in [5.74, 6) is 0.794. The molecular weight excluding hydrogens is 370 g/mol. The molecule has 1 aromatic carbocycles. The molecule has 1 aliphatic heterocycles. The van der Waals surface area contributed by atoms with Gasteiger partial charge < -0.3 is 21.5 Å². The maximum Gasteiger partial charge on any atom is 0.223 e. The molecule has 0 aliphatic carbocycles. The summed E-state index contributed by atoms with van der Waals surface area (Å²) in [6, 6.07) is 9.51. The predicted molar refractivity (Wildman–Crippen MR) is 110 cm³/mol. The number of nitrogens with zero attached hydrogens (tertiary/aromatic N) is 4. The average molecular weight is 395 g/mol. The summed E-state index contributed by atoms with van der Waals surface area (Å²) in [7, 11) is 1.64. The van der Waals surface area contributed by atoms with Gasteiger partial charge in [0.1, 0.15) is 17.6 Å². The fourth-order valence-electron chi connectivity index (χ4n) is 3.80. The maximum atomic E-state index is 11.7. The second-order valence-electron chi connectivity index (χ2n) is 7.30. The van der Waals surface area contributed by atoms with Crippen LogP contribution >= 0.6 is 0 Å². The number of anilines is 2. The molecule has 0 spiro atoms. The number of carbonyl (C=O) groups is 1. The van der Waals surface area contributed by atoms with Crippen molar-refractivity contribution in [1.82, 2.24) is 19.5 Å². The van der Waals surface area contributed by atoms with E-state index in [0.717, 1.165) is 35.5 Å². The number of hydrogen-bond acceptors (Lipinski definition) is 7. The number of nitrogens with two attached hydrogens (primary N) is 2. The number of primary amides is 1. The van der Waals surface area contributed by atoms with Crippen LogP contribution in [0.1, 0.15) is 12.0 Å². The normalized spacial score (nSPS) is 19.9. The monoisotopic (exact) mass is 395 g/mol. The van der Waals surface area contributed by atoms with Crippen LogP contribution in [0.25, 0.3) is 5.52 Å². The van der Waals surface area contributed by atoms with Crippen molar-refractivity contribution in [2.24, 2.45) is 17.4 Å². The van der Waals surface area contributed by atoms with E-state index in [1.54, 1.807) is 11.6 Å². The second-order valence-corrected chi connectivity index (χ2v) is 7.30. The Labute approximate surface area is 168 Å². The van der Waals surface area contributed by atoms with Gasteiger partial charge in [-0.25, -0.2) is 9.50 Å². The molecule has 4 rings (SSSR count). The highest BCUT2D eigenvalue weighted by Gasteiger charge is 2.31. The molecule has 1 amide bonds. The lowest BCUT2D eigenvalue weighted by atomic mass is 9.92. The van der Waals surface area contributed by atoms with Crippen molar-refractivity contribution in [3.8, 4) is 5.75 Å². The second kappa shape index (κ2) is 8.06. The summed E-state index contributed by atoms with van der Waals surface area (Å²) >= 11 is 0. The Morgan fingerprint density at radius 1 is 1.38 bits per heavy atom. The lowest BCUT2D eigenvalue weighted by Crippen LogP contribution is -2.51. The summed E-state index contributed by atoms with van der Waals surface area (Å²) in [6.07, 6.45) is 4.16. The number of ether oxygens (including phenoxy) is 1. The van der Waals surface area contributed by atoms with Crippen LogP contribution in [0.2, 0.25) is 0 Å². The van der Waals surface area contributed by atoms with Gasteiger partial charge in [-0.1, -0.05) is 6.07 Å². The van der Waals surface area contributed by atoms with Gasteiger partial charge in [-0.3, -0.25) is 9.69 Å². The molecule has 0 saturated carbocycles. The average Bonchev–Trinajstić information content (AvgIpc) is 3.13. The van der Waals surface area contributed by atoms with Crippen molar-refractivity contribution >= 4 is 22.9 Å². The number of fused-ring (bicyclic) bond motifs is 1. The lowest BCUT2D eigenvalue weighted by molar-refractivity contribution is -0.124. The third-order valence-corrected chi connectivity index (χ3v) is 5.38. The zero-order valence-electron chi connectivity index (χ0n) is 16.3. The van der Waals surface area contributed by atoms with Crippen LogP contribution in [0.3, 0.4) is 0 Å². The lowest BCUT2D eigenvalue weighted by Gasteiger charge is -2.35. The number of nitrogens with one attached hydrogen (secondary N) is 1. The zero-order chi connectivity index (χ0) is 20.4. The van der Waals surface area contributed by atoms with Crippen LogP contribution in [0.5, 0.6) is 5.75 Å². The molecule has 9 nitrogen and oxygen atoms in total. The van der Waals surface area contributed by atoms with Crippen LogP contribution in [0.4, 0.5) is 11.5 Å². The third-order valence-electron chi connectivity index (χ3n) is 5.38. The van der Waals surface area contributed by atoms with Crippen molar-refractivity contribution in [2.75, 3.05) is 25.5 Å². The van der Waals surface area contributed by atoms with E-state index in [0.29, 0.717) is 18.9 Å². The maximum absolute atomic E-state index is 11.7. The summed E-state index contributed by atoms with van der Waals surface area (Å²) in [5, 5.41) is 7.67. The van der Waals surface area contributed by atoms with Crippen molar-refractivity contribution in [2.45, 2.75) is 19.0 Å². The van der Waals surface area contributed by atoms with Crippen molar-refractivity contribution in [3.63, 3.8) is 0 Å². The standard InChI is InChI=1S/C20H25N7O2/c1-29-15-4-2-3-14(9-15)25-20-18-13(5-8-27(18)24-12-23-20)10-26-7-6-17(21)16(11-26)19(22)28/h2-5,8-9,12,16-17H,6-7,10-11,21H2,1H3,(H2,22,28)(H,23,24,25)/t16?,17-/m1/s1. The van der Waals surface area contributed by atoms with Crippen molar-refractivity contribution in [1.29, 1.82) is 0 Å². The number of aromatic nitrogens is 3. The van der Waals surface area contributed by atoms with Crippen molar-refractivity contribution < 1.29 is 9.53 Å². The van der Waals surface area contributed by atoms with E-state index < -0.39 is 0 Å². The highest BCUT2D eigenvalue weighted by Crippen LogP contribution is 2.27. The number of hydrogen-bond donors (Lipinski definition) is 3. The van der Waals surface area contributed by atoms with Gasteiger partial charge in [-0.2, -0.15) is 5.10 Å². The fraction of sp³-hybridized carbons (Fsp3) is 0.350. The first-order valence-electron chi connectivity index (χ1n) is 9.54. The first kappa shape index (κ1) is 19.2. The smallest absolute Gasteiger partial charge is 0.223 e. The molecule has 2 atom stereocenters. The number of methoxy groups -OCH3 is 1. The number of amides is 1. The number of benzene rings is 1. The van der Waals surface area contributed by atoms with E-state index in [4.69, 9.17) is 16.2 Å². The Balaban J connectivity index is 1.60. The predicted octanol–water partition coefficient (Wildman–Crippen LogP) is 1.12. The van der Waals surface area contributed by atoms with Crippen LogP contribution in [0, 0.1) is 5.92 Å². The summed E-state index contributed by atoms with van der Waals surface area (Å²) < 4.78 is 7.09. The zero-order valence-corrected chi connectivity index (χ0v) is 16.3.